The Balaban J connectivity index is 3.77. The van der Waals surface area contributed by atoms with Gasteiger partial charge in [0.15, 0.2) is 0 Å². The van der Waals surface area contributed by atoms with Crippen LogP contribution in [0.1, 0.15) is 26.7 Å². The third kappa shape index (κ3) is 8.39. The van der Waals surface area contributed by atoms with Crippen LogP contribution >= 0.6 is 0 Å². The zero-order valence-corrected chi connectivity index (χ0v) is 10.5. The van der Waals surface area contributed by atoms with E-state index in [2.05, 4.69) is 24.1 Å². The lowest BCUT2D eigenvalue weighted by Gasteiger charge is -2.28. The molecule has 90 valence electrons. The van der Waals surface area contributed by atoms with Gasteiger partial charge < -0.3 is 16.0 Å². The molecular weight excluding hydrogens is 190 g/mol. The molecule has 0 rings (SSSR count). The standard InChI is InChI=1S/C11H25N3O/c1-11(2,9-14(3)4)8-13-10(15)6-5-7-12/h5-9,12H2,1-4H3,(H,13,15). The van der Waals surface area contributed by atoms with E-state index < -0.39 is 0 Å². The molecule has 4 nitrogen and oxygen atoms in total. The number of hydrogen-bond donors (Lipinski definition) is 2. The number of nitrogens with one attached hydrogen (secondary N) is 1. The van der Waals surface area contributed by atoms with Crippen LogP contribution in [0.15, 0.2) is 0 Å². The van der Waals surface area contributed by atoms with Crippen LogP contribution in [-0.2, 0) is 4.79 Å². The van der Waals surface area contributed by atoms with Gasteiger partial charge in [0.2, 0.25) is 5.91 Å². The summed E-state index contributed by atoms with van der Waals surface area (Å²) in [5, 5.41) is 2.94. The summed E-state index contributed by atoms with van der Waals surface area (Å²) in [6.07, 6.45) is 1.30. The van der Waals surface area contributed by atoms with Crippen molar-refractivity contribution in [3.63, 3.8) is 0 Å². The maximum Gasteiger partial charge on any atom is 0.220 e. The van der Waals surface area contributed by atoms with Crippen LogP contribution in [0.2, 0.25) is 0 Å². The number of nitrogens with two attached hydrogens (primary N) is 1. The number of nitrogens with zero attached hydrogens (tertiary/aromatic N) is 1. The summed E-state index contributed by atoms with van der Waals surface area (Å²) in [5.74, 6) is 0.104. The Kier molecular flexibility index (Phi) is 6.52. The summed E-state index contributed by atoms with van der Waals surface area (Å²) in [4.78, 5) is 13.5. The highest BCUT2D eigenvalue weighted by Crippen LogP contribution is 2.14. The summed E-state index contributed by atoms with van der Waals surface area (Å²) < 4.78 is 0. The van der Waals surface area contributed by atoms with E-state index in [9.17, 15) is 4.79 Å². The summed E-state index contributed by atoms with van der Waals surface area (Å²) >= 11 is 0. The molecule has 0 bridgehead atoms. The van der Waals surface area contributed by atoms with E-state index in [0.717, 1.165) is 13.0 Å². The van der Waals surface area contributed by atoms with E-state index in [1.807, 2.05) is 14.1 Å². The van der Waals surface area contributed by atoms with Crippen LogP contribution in [-0.4, -0.2) is 44.5 Å². The second kappa shape index (κ2) is 6.80. The molecule has 0 aromatic rings. The summed E-state index contributed by atoms with van der Waals surface area (Å²) in [7, 11) is 4.08. The van der Waals surface area contributed by atoms with Crippen molar-refractivity contribution in [1.29, 1.82) is 0 Å². The molecule has 3 N–H and O–H groups in total. The smallest absolute Gasteiger partial charge is 0.220 e. The van der Waals surface area contributed by atoms with E-state index in [-0.39, 0.29) is 11.3 Å². The highest BCUT2D eigenvalue weighted by atomic mass is 16.1. The van der Waals surface area contributed by atoms with Crippen LogP contribution in [0.3, 0.4) is 0 Å². The molecule has 4 heteroatoms. The van der Waals surface area contributed by atoms with Gasteiger partial charge in [0.05, 0.1) is 0 Å². The van der Waals surface area contributed by atoms with Crippen LogP contribution in [0, 0.1) is 5.41 Å². The molecule has 0 aliphatic heterocycles. The summed E-state index contributed by atoms with van der Waals surface area (Å²) in [6.45, 7) is 6.56. The Morgan fingerprint density at radius 1 is 1.40 bits per heavy atom. The van der Waals surface area contributed by atoms with Gasteiger partial charge in [-0.15, -0.1) is 0 Å². The predicted molar refractivity (Wildman–Crippen MR) is 63.6 cm³/mol. The lowest BCUT2D eigenvalue weighted by Crippen LogP contribution is -2.40. The highest BCUT2D eigenvalue weighted by Gasteiger charge is 2.19. The number of rotatable bonds is 7. The lowest BCUT2D eigenvalue weighted by atomic mass is 9.93. The van der Waals surface area contributed by atoms with E-state index in [1.54, 1.807) is 0 Å². The van der Waals surface area contributed by atoms with Crippen molar-refractivity contribution in [2.24, 2.45) is 11.1 Å². The monoisotopic (exact) mass is 215 g/mol. The molecule has 0 fully saturated rings. The number of carbonyl (C=O) groups is 1. The van der Waals surface area contributed by atoms with Gasteiger partial charge in [-0.05, 0) is 32.5 Å². The first-order valence-corrected chi connectivity index (χ1v) is 5.49. The van der Waals surface area contributed by atoms with Crippen molar-refractivity contribution >= 4 is 5.91 Å². The summed E-state index contributed by atoms with van der Waals surface area (Å²) in [5.41, 5.74) is 5.45. The number of carbonyl (C=O) groups excluding carboxylic acids is 1. The molecule has 0 saturated carbocycles. The van der Waals surface area contributed by atoms with Crippen LogP contribution in [0.4, 0.5) is 0 Å². The fourth-order valence-corrected chi connectivity index (χ4v) is 1.60. The molecular formula is C11H25N3O. The van der Waals surface area contributed by atoms with Crippen molar-refractivity contribution < 1.29 is 4.79 Å². The number of hydrogen-bond acceptors (Lipinski definition) is 3. The van der Waals surface area contributed by atoms with Gasteiger partial charge in [0.25, 0.3) is 0 Å². The van der Waals surface area contributed by atoms with Crippen molar-refractivity contribution in [3.8, 4) is 0 Å². The topological polar surface area (TPSA) is 58.4 Å². The molecule has 0 spiro atoms. The molecule has 0 heterocycles. The van der Waals surface area contributed by atoms with Crippen LogP contribution in [0.25, 0.3) is 0 Å². The van der Waals surface area contributed by atoms with Gasteiger partial charge in [0.1, 0.15) is 0 Å². The van der Waals surface area contributed by atoms with Gasteiger partial charge in [-0.1, -0.05) is 13.8 Å². The van der Waals surface area contributed by atoms with Gasteiger partial charge in [-0.2, -0.15) is 0 Å². The molecule has 0 aliphatic rings. The molecule has 0 radical (unpaired) electrons. The second-order valence-corrected chi connectivity index (χ2v) is 5.07. The maximum absolute atomic E-state index is 11.4. The van der Waals surface area contributed by atoms with E-state index in [0.29, 0.717) is 19.5 Å². The molecule has 0 aromatic heterocycles. The molecule has 15 heavy (non-hydrogen) atoms. The first kappa shape index (κ1) is 14.4. The maximum atomic E-state index is 11.4. The van der Waals surface area contributed by atoms with Gasteiger partial charge in [-0.25, -0.2) is 0 Å². The molecule has 0 aromatic carbocycles. The Labute approximate surface area is 93.2 Å². The third-order valence-corrected chi connectivity index (χ3v) is 2.12. The van der Waals surface area contributed by atoms with E-state index in [4.69, 9.17) is 5.73 Å². The number of amides is 1. The normalized spacial score (nSPS) is 11.9. The SMILES string of the molecule is CN(C)CC(C)(C)CNC(=O)CCCN. The Bertz CT molecular complexity index is 190. The van der Waals surface area contributed by atoms with Crippen LogP contribution < -0.4 is 11.1 Å². The summed E-state index contributed by atoms with van der Waals surface area (Å²) in [6, 6.07) is 0. The molecule has 0 atom stereocenters. The quantitative estimate of drug-likeness (QED) is 0.647. The van der Waals surface area contributed by atoms with Crippen molar-refractivity contribution in [1.82, 2.24) is 10.2 Å². The predicted octanol–water partition coefficient (Wildman–Crippen LogP) is 0.429. The Hall–Kier alpha value is -0.610. The lowest BCUT2D eigenvalue weighted by molar-refractivity contribution is -0.121. The minimum Gasteiger partial charge on any atom is -0.356 e. The zero-order chi connectivity index (χ0) is 11.9. The van der Waals surface area contributed by atoms with Crippen LogP contribution in [0.5, 0.6) is 0 Å². The van der Waals surface area contributed by atoms with Gasteiger partial charge in [0, 0.05) is 19.5 Å². The minimum atomic E-state index is 0.104. The first-order chi connectivity index (χ1) is 6.87. The average Bonchev–Trinajstić information content (AvgIpc) is 2.09. The fourth-order valence-electron chi connectivity index (χ4n) is 1.60. The molecule has 0 saturated heterocycles. The van der Waals surface area contributed by atoms with Gasteiger partial charge in [-0.3, -0.25) is 4.79 Å². The fraction of sp³-hybridized carbons (Fsp3) is 0.909. The zero-order valence-electron chi connectivity index (χ0n) is 10.5. The highest BCUT2D eigenvalue weighted by molar-refractivity contribution is 5.75. The van der Waals surface area contributed by atoms with Crippen molar-refractivity contribution in [2.45, 2.75) is 26.7 Å². The van der Waals surface area contributed by atoms with Crippen molar-refractivity contribution in [2.75, 3.05) is 33.7 Å². The Morgan fingerprint density at radius 2 is 2.00 bits per heavy atom. The average molecular weight is 215 g/mol. The third-order valence-electron chi connectivity index (χ3n) is 2.12. The van der Waals surface area contributed by atoms with Crippen molar-refractivity contribution in [3.05, 3.63) is 0 Å². The molecule has 0 aliphatic carbocycles. The largest absolute Gasteiger partial charge is 0.356 e. The van der Waals surface area contributed by atoms with E-state index in [1.165, 1.54) is 0 Å². The van der Waals surface area contributed by atoms with E-state index >= 15 is 0 Å². The molecule has 1 amide bonds. The second-order valence-electron chi connectivity index (χ2n) is 5.07. The Morgan fingerprint density at radius 3 is 2.47 bits per heavy atom. The molecule has 0 unspecified atom stereocenters. The van der Waals surface area contributed by atoms with Gasteiger partial charge >= 0.3 is 0 Å². The minimum absolute atomic E-state index is 0.104. The first-order valence-electron chi connectivity index (χ1n) is 5.49.